The van der Waals surface area contributed by atoms with Crippen LogP contribution in [0.15, 0.2) is 16.6 Å². The van der Waals surface area contributed by atoms with Gasteiger partial charge in [0.2, 0.25) is 0 Å². The molecule has 2 atom stereocenters. The summed E-state index contributed by atoms with van der Waals surface area (Å²) in [7, 11) is 0. The molecule has 0 bridgehead atoms. The van der Waals surface area contributed by atoms with Crippen molar-refractivity contribution in [3.63, 3.8) is 0 Å². The van der Waals surface area contributed by atoms with Crippen LogP contribution in [0.2, 0.25) is 0 Å². The molecule has 1 saturated carbocycles. The number of nitrogens with zero attached hydrogens (tertiary/aromatic N) is 1. The fraction of sp³-hybridized carbons (Fsp3) is 0.538. The normalized spacial score (nSPS) is 23.1. The predicted molar refractivity (Wildman–Crippen MR) is 76.4 cm³/mol. The van der Waals surface area contributed by atoms with Crippen LogP contribution in [0.4, 0.5) is 5.69 Å². The number of rotatable bonds is 3. The minimum atomic E-state index is -0.393. The van der Waals surface area contributed by atoms with Gasteiger partial charge in [-0.05, 0) is 48.2 Å². The molecular weight excluding hydrogens is 312 g/mol. The Morgan fingerprint density at radius 2 is 2.11 bits per heavy atom. The molecule has 0 spiro atoms. The van der Waals surface area contributed by atoms with Gasteiger partial charge in [0, 0.05) is 17.7 Å². The highest BCUT2D eigenvalue weighted by Gasteiger charge is 2.25. The van der Waals surface area contributed by atoms with Crippen LogP contribution in [-0.4, -0.2) is 17.1 Å². The third-order valence-electron chi connectivity index (χ3n) is 3.48. The summed E-state index contributed by atoms with van der Waals surface area (Å²) in [5, 5.41) is 10.9. The number of halogens is 1. The van der Waals surface area contributed by atoms with Gasteiger partial charge >= 0.3 is 0 Å². The third-order valence-corrected chi connectivity index (χ3v) is 4.10. The number of benzene rings is 1. The molecule has 1 fully saturated rings. The van der Waals surface area contributed by atoms with Crippen LogP contribution in [0, 0.1) is 17.0 Å². The molecule has 19 heavy (non-hydrogen) atoms. The maximum Gasteiger partial charge on any atom is 0.273 e. The van der Waals surface area contributed by atoms with Gasteiger partial charge in [-0.2, -0.15) is 0 Å². The lowest BCUT2D eigenvalue weighted by molar-refractivity contribution is -0.385. The first-order valence-electron chi connectivity index (χ1n) is 6.36. The van der Waals surface area contributed by atoms with E-state index >= 15 is 0 Å². The van der Waals surface area contributed by atoms with Crippen LogP contribution in [0.25, 0.3) is 0 Å². The third kappa shape index (κ3) is 3.25. The summed E-state index contributed by atoms with van der Waals surface area (Å²) in [4.78, 5) is 10.5. The van der Waals surface area contributed by atoms with E-state index in [4.69, 9.17) is 10.5 Å². The number of ether oxygens (including phenoxy) is 1. The average molecular weight is 329 g/mol. The molecule has 1 aliphatic rings. The first kappa shape index (κ1) is 14.3. The number of nitro groups is 1. The van der Waals surface area contributed by atoms with E-state index in [1.165, 1.54) is 6.07 Å². The van der Waals surface area contributed by atoms with E-state index in [9.17, 15) is 10.1 Å². The molecule has 0 heterocycles. The molecule has 104 valence electrons. The minimum Gasteiger partial charge on any atom is -0.488 e. The molecule has 2 rings (SSSR count). The molecule has 0 saturated heterocycles. The zero-order valence-electron chi connectivity index (χ0n) is 10.8. The molecule has 1 aliphatic carbocycles. The Kier molecular flexibility index (Phi) is 4.42. The second-order valence-electron chi connectivity index (χ2n) is 4.93. The second-order valence-corrected chi connectivity index (χ2v) is 5.79. The lowest BCUT2D eigenvalue weighted by Crippen LogP contribution is -2.41. The minimum absolute atomic E-state index is 0.00842. The molecular formula is C13H17BrN2O3. The van der Waals surface area contributed by atoms with E-state index in [2.05, 4.69) is 15.9 Å². The van der Waals surface area contributed by atoms with Crippen LogP contribution in [-0.2, 0) is 0 Å². The van der Waals surface area contributed by atoms with E-state index in [1.54, 1.807) is 13.0 Å². The van der Waals surface area contributed by atoms with Gasteiger partial charge in [0.1, 0.15) is 11.9 Å². The van der Waals surface area contributed by atoms with Gasteiger partial charge in [0.25, 0.3) is 5.69 Å². The Bertz CT molecular complexity index is 493. The molecule has 1 aromatic rings. The van der Waals surface area contributed by atoms with Crippen LogP contribution >= 0.6 is 15.9 Å². The number of nitrogens with two attached hydrogens (primary N) is 1. The average Bonchev–Trinajstić information content (AvgIpc) is 2.35. The van der Waals surface area contributed by atoms with Crippen molar-refractivity contribution in [2.24, 2.45) is 5.73 Å². The van der Waals surface area contributed by atoms with Gasteiger partial charge in [-0.15, -0.1) is 0 Å². The summed E-state index contributed by atoms with van der Waals surface area (Å²) in [5.41, 5.74) is 6.72. The van der Waals surface area contributed by atoms with Crippen molar-refractivity contribution in [1.29, 1.82) is 0 Å². The van der Waals surface area contributed by atoms with E-state index < -0.39 is 4.92 Å². The number of hydrogen-bond donors (Lipinski definition) is 1. The van der Waals surface area contributed by atoms with Crippen LogP contribution in [0.5, 0.6) is 5.75 Å². The monoisotopic (exact) mass is 328 g/mol. The molecule has 1 aromatic carbocycles. The Balaban J connectivity index is 2.21. The Labute approximate surface area is 120 Å². The second kappa shape index (κ2) is 5.88. The van der Waals surface area contributed by atoms with Crippen molar-refractivity contribution >= 4 is 21.6 Å². The Morgan fingerprint density at radius 3 is 2.74 bits per heavy atom. The van der Waals surface area contributed by atoms with Crippen molar-refractivity contribution in [3.8, 4) is 5.75 Å². The summed E-state index contributed by atoms with van der Waals surface area (Å²) in [5.74, 6) is 0.630. The largest absolute Gasteiger partial charge is 0.488 e. The standard InChI is InChI=1S/C13H17BrN2O3/c1-8-6-13(9(14)7-11(8)16(17)18)19-12-5-3-2-4-10(12)15/h6-7,10,12H,2-5,15H2,1H3. The van der Waals surface area contributed by atoms with E-state index in [-0.39, 0.29) is 17.8 Å². The number of nitro benzene ring substituents is 1. The summed E-state index contributed by atoms with van der Waals surface area (Å²) in [6.07, 6.45) is 4.15. The van der Waals surface area contributed by atoms with Crippen molar-refractivity contribution in [2.75, 3.05) is 0 Å². The van der Waals surface area contributed by atoms with Crippen molar-refractivity contribution in [3.05, 3.63) is 32.3 Å². The first-order valence-corrected chi connectivity index (χ1v) is 7.15. The summed E-state index contributed by atoms with van der Waals surface area (Å²) in [6, 6.07) is 3.22. The van der Waals surface area contributed by atoms with Crippen molar-refractivity contribution in [2.45, 2.75) is 44.8 Å². The predicted octanol–water partition coefficient (Wildman–Crippen LogP) is 3.31. The first-order chi connectivity index (χ1) is 8.99. The summed E-state index contributed by atoms with van der Waals surface area (Å²) < 4.78 is 6.52. The lowest BCUT2D eigenvalue weighted by atomic mass is 9.93. The van der Waals surface area contributed by atoms with E-state index in [1.807, 2.05) is 0 Å². The van der Waals surface area contributed by atoms with Crippen LogP contribution in [0.3, 0.4) is 0 Å². The molecule has 2 unspecified atom stereocenters. The van der Waals surface area contributed by atoms with Crippen molar-refractivity contribution in [1.82, 2.24) is 0 Å². The molecule has 0 radical (unpaired) electrons. The Morgan fingerprint density at radius 1 is 1.42 bits per heavy atom. The highest BCUT2D eigenvalue weighted by Crippen LogP contribution is 2.34. The summed E-state index contributed by atoms with van der Waals surface area (Å²) >= 11 is 3.33. The van der Waals surface area contributed by atoms with Gasteiger partial charge in [-0.1, -0.05) is 6.42 Å². The van der Waals surface area contributed by atoms with Crippen molar-refractivity contribution < 1.29 is 9.66 Å². The highest BCUT2D eigenvalue weighted by atomic mass is 79.9. The van der Waals surface area contributed by atoms with E-state index in [0.717, 1.165) is 25.7 Å². The topological polar surface area (TPSA) is 78.4 Å². The zero-order valence-corrected chi connectivity index (χ0v) is 12.4. The highest BCUT2D eigenvalue weighted by molar-refractivity contribution is 9.10. The molecule has 6 heteroatoms. The smallest absolute Gasteiger partial charge is 0.273 e. The van der Waals surface area contributed by atoms with Crippen LogP contribution in [0.1, 0.15) is 31.2 Å². The SMILES string of the molecule is Cc1cc(OC2CCCCC2N)c(Br)cc1[N+](=O)[O-]. The van der Waals surface area contributed by atoms with Gasteiger partial charge in [-0.25, -0.2) is 0 Å². The number of hydrogen-bond acceptors (Lipinski definition) is 4. The van der Waals surface area contributed by atoms with E-state index in [0.29, 0.717) is 15.8 Å². The maximum atomic E-state index is 10.9. The van der Waals surface area contributed by atoms with Crippen LogP contribution < -0.4 is 10.5 Å². The molecule has 0 aliphatic heterocycles. The fourth-order valence-electron chi connectivity index (χ4n) is 2.37. The molecule has 0 amide bonds. The van der Waals surface area contributed by atoms with Gasteiger partial charge < -0.3 is 10.5 Å². The van der Waals surface area contributed by atoms with Gasteiger partial charge in [-0.3, -0.25) is 10.1 Å². The quantitative estimate of drug-likeness (QED) is 0.681. The van der Waals surface area contributed by atoms with Gasteiger partial charge in [0.05, 0.1) is 9.40 Å². The zero-order chi connectivity index (χ0) is 14.0. The molecule has 0 aromatic heterocycles. The molecule has 5 nitrogen and oxygen atoms in total. The Hall–Kier alpha value is -1.14. The molecule has 2 N–H and O–H groups in total. The number of aryl methyl sites for hydroxylation is 1. The maximum absolute atomic E-state index is 10.9. The van der Waals surface area contributed by atoms with Gasteiger partial charge in [0.15, 0.2) is 0 Å². The summed E-state index contributed by atoms with van der Waals surface area (Å²) in [6.45, 7) is 1.71. The fourth-order valence-corrected chi connectivity index (χ4v) is 2.79. The lowest BCUT2D eigenvalue weighted by Gasteiger charge is -2.29.